The Labute approximate surface area is 511 Å². The van der Waals surface area contributed by atoms with E-state index in [4.69, 9.17) is 11.6 Å². The summed E-state index contributed by atoms with van der Waals surface area (Å²) in [7, 11) is -11.1. The summed E-state index contributed by atoms with van der Waals surface area (Å²) in [5.74, 6) is -4.83. The Bertz CT molecular complexity index is 3790. The van der Waals surface area contributed by atoms with Crippen LogP contribution >= 0.6 is 23.4 Å². The van der Waals surface area contributed by atoms with E-state index in [0.29, 0.717) is 60.7 Å². The van der Waals surface area contributed by atoms with Crippen molar-refractivity contribution < 1.29 is 58.4 Å². The van der Waals surface area contributed by atoms with Gasteiger partial charge in [0.05, 0.1) is 21.7 Å². The third-order valence-electron chi connectivity index (χ3n) is 17.5. The number of alkyl halides is 3. The maximum absolute atomic E-state index is 15.7. The Morgan fingerprint density at radius 3 is 2.21 bits per heavy atom. The third-order valence-corrected chi connectivity index (χ3v) is 21.7. The Morgan fingerprint density at radius 2 is 1.53 bits per heavy atom. The van der Waals surface area contributed by atoms with E-state index < -0.39 is 93.8 Å². The number of anilines is 2. The fraction of sp³-hybridized carbons (Fsp3) is 0.403. The minimum atomic E-state index is -6.19. The number of piperazine rings is 2. The number of thioether (sulfide) groups is 1. The summed E-state index contributed by atoms with van der Waals surface area (Å²) in [5.41, 5.74) is -1.53. The van der Waals surface area contributed by atoms with E-state index in [0.717, 1.165) is 68.0 Å². The van der Waals surface area contributed by atoms with Gasteiger partial charge in [-0.05, 0) is 140 Å². The van der Waals surface area contributed by atoms with Gasteiger partial charge in [-0.25, -0.2) is 25.9 Å². The molecule has 0 spiro atoms. The molecule has 4 atom stereocenters. The Kier molecular flexibility index (Phi) is 17.6. The summed E-state index contributed by atoms with van der Waals surface area (Å²) in [6.45, 7) is 10.2. The van der Waals surface area contributed by atoms with Gasteiger partial charge in [0.1, 0.15) is 16.8 Å². The number of allylic oxidation sites excluding steroid dienone is 1. The lowest BCUT2D eigenvalue weighted by molar-refractivity contribution is -0.136. The zero-order valence-electron chi connectivity index (χ0n) is 47.7. The highest BCUT2D eigenvalue weighted by molar-refractivity contribution is 7.99. The van der Waals surface area contributed by atoms with Gasteiger partial charge in [0.15, 0.2) is 0 Å². The van der Waals surface area contributed by atoms with Crippen molar-refractivity contribution in [3.05, 3.63) is 153 Å². The molecule has 0 aromatic heterocycles. The summed E-state index contributed by atoms with van der Waals surface area (Å²) in [5, 5.41) is 5.84. The number of fused-ring (bicyclic) bond motifs is 3. The second-order valence-electron chi connectivity index (χ2n) is 24.0. The second-order valence-corrected chi connectivity index (χ2v) is 29.1. The van der Waals surface area contributed by atoms with E-state index in [1.54, 1.807) is 12.1 Å². The first-order chi connectivity index (χ1) is 41.3. The maximum atomic E-state index is 15.7. The molecule has 0 saturated carbocycles. The molecule has 5 heterocycles. The molecule has 5 amide bonds. The number of amides is 5. The van der Waals surface area contributed by atoms with Crippen LogP contribution in [0, 0.1) is 11.2 Å². The molecule has 4 saturated heterocycles. The van der Waals surface area contributed by atoms with Gasteiger partial charge in [-0.3, -0.25) is 48.9 Å². The first kappa shape index (κ1) is 62.0. The Balaban J connectivity index is 0.734. The SMILES string of the molecule is CC1(C)CCC(c2ccc(Cl)cc2)=C(CN2CCN(c3ccc(C(=O)NS(=O)(=O)c4ccc(N[C@H](CCN5C[C@@H]6C[C@H]5CN6Cc5cc(F)c6c(c5)C(=O)N(C5CCC(=O)NC5=O)C6=O)CSc5ccccc5)c(S(=O)(=O)C(F)(F)F)c4)cc3)CC2)C1. The number of hydrogen-bond acceptors (Lipinski definition) is 15. The minimum absolute atomic E-state index is 0.00179. The molecule has 5 aromatic rings. The lowest BCUT2D eigenvalue weighted by atomic mass is 9.73. The first-order valence-corrected chi connectivity index (χ1v) is 33.2. The summed E-state index contributed by atoms with van der Waals surface area (Å²) >= 11 is 7.60. The molecule has 6 aliphatic rings. The predicted octanol–water partition coefficient (Wildman–Crippen LogP) is 9.00. The van der Waals surface area contributed by atoms with Crippen LogP contribution in [0.3, 0.4) is 0 Å². The topological polar surface area (TPSA) is 206 Å². The molecule has 4 fully saturated rings. The van der Waals surface area contributed by atoms with Crippen LogP contribution in [-0.4, -0.2) is 154 Å². The zero-order valence-corrected chi connectivity index (χ0v) is 51.0. The number of carbonyl (C=O) groups is 5. The molecule has 87 heavy (non-hydrogen) atoms. The van der Waals surface area contributed by atoms with Crippen molar-refractivity contribution in [1.29, 1.82) is 0 Å². The van der Waals surface area contributed by atoms with Crippen LogP contribution < -0.4 is 20.3 Å². The molecule has 460 valence electrons. The smallest absolute Gasteiger partial charge is 0.380 e. The van der Waals surface area contributed by atoms with Crippen LogP contribution in [0.25, 0.3) is 5.57 Å². The van der Waals surface area contributed by atoms with E-state index in [-0.39, 0.29) is 53.8 Å². The number of hydrogen-bond donors (Lipinski definition) is 3. The van der Waals surface area contributed by atoms with Crippen molar-refractivity contribution in [2.24, 2.45) is 5.41 Å². The third kappa shape index (κ3) is 13.4. The van der Waals surface area contributed by atoms with Gasteiger partial charge in [-0.1, -0.05) is 61.4 Å². The highest BCUT2D eigenvalue weighted by Crippen LogP contribution is 2.44. The van der Waals surface area contributed by atoms with Crippen molar-refractivity contribution in [3.63, 3.8) is 0 Å². The van der Waals surface area contributed by atoms with Crippen molar-refractivity contribution in [2.75, 3.05) is 68.3 Å². The quantitative estimate of drug-likeness (QED) is 0.0401. The van der Waals surface area contributed by atoms with E-state index >= 15 is 4.39 Å². The summed E-state index contributed by atoms with van der Waals surface area (Å²) < 4.78 is 116. The van der Waals surface area contributed by atoms with Crippen LogP contribution in [0.2, 0.25) is 5.02 Å². The number of sulfonamides is 1. The predicted molar refractivity (Wildman–Crippen MR) is 322 cm³/mol. The number of benzene rings is 5. The van der Waals surface area contributed by atoms with Crippen LogP contribution in [-0.2, 0) is 36.0 Å². The second kappa shape index (κ2) is 24.7. The van der Waals surface area contributed by atoms with Crippen molar-refractivity contribution in [3.8, 4) is 0 Å². The Hall–Kier alpha value is -6.67. The molecule has 11 rings (SSSR count). The molecular weight excluding hydrogens is 1210 g/mol. The summed E-state index contributed by atoms with van der Waals surface area (Å²) in [4.78, 5) is 73.0. The van der Waals surface area contributed by atoms with E-state index in [9.17, 15) is 54.0 Å². The largest absolute Gasteiger partial charge is 0.501 e. The normalized spacial score (nSPS) is 21.6. The van der Waals surface area contributed by atoms with E-state index in [1.807, 2.05) is 47.2 Å². The zero-order chi connectivity index (χ0) is 61.7. The van der Waals surface area contributed by atoms with E-state index in [2.05, 4.69) is 56.2 Å². The molecule has 17 nitrogen and oxygen atoms in total. The number of nitrogens with one attached hydrogen (secondary N) is 3. The number of sulfone groups is 1. The number of rotatable bonds is 19. The standard InChI is InChI=1S/C62H65ClF4N8O9S3/c1-61(2)22-20-49(39-8-12-42(63)13-9-39)41(32-61)34-71-24-26-72(27-25-71)44-14-10-40(11-15-44)57(77)70-87(83,84)48-16-17-52(54(31-48)86(81,82)62(65,66)67)68-43(37-85-47-6-4-3-5-7-47)21-23-73-35-46-30-45(73)36-74(46)33-38-28-50-56(51(64)29-38)60(80)75(59(50)79)53-18-19-55(76)69-58(53)78/h3-17,28-29,31,43,45-46,53,68H,18-27,30,32-37H2,1-2H3,(H,70,77)(H,69,76,78)/t43-,45+,46+,53?/m1/s1. The van der Waals surface area contributed by atoms with Crippen LogP contribution in [0.5, 0.6) is 0 Å². The van der Waals surface area contributed by atoms with Crippen molar-refractivity contribution in [2.45, 2.75) is 110 Å². The number of halogens is 5. The summed E-state index contributed by atoms with van der Waals surface area (Å²) in [6, 6.07) is 26.6. The molecule has 1 unspecified atom stereocenters. The Morgan fingerprint density at radius 1 is 0.828 bits per heavy atom. The lowest BCUT2D eigenvalue weighted by Gasteiger charge is -2.39. The number of likely N-dealkylation sites (tertiary alicyclic amines) is 2. The molecule has 5 aliphatic heterocycles. The highest BCUT2D eigenvalue weighted by atomic mass is 35.5. The molecule has 25 heteroatoms. The van der Waals surface area contributed by atoms with Gasteiger partial charge in [-0.2, -0.15) is 13.2 Å². The minimum Gasteiger partial charge on any atom is -0.380 e. The molecule has 1 aliphatic carbocycles. The average Bonchev–Trinajstić information content (AvgIpc) is 1.79. The first-order valence-electron chi connectivity index (χ1n) is 28.8. The van der Waals surface area contributed by atoms with Gasteiger partial charge in [0.2, 0.25) is 11.8 Å². The molecule has 0 radical (unpaired) electrons. The fourth-order valence-corrected chi connectivity index (χ4v) is 16.0. The number of imide groups is 2. The number of carbonyl (C=O) groups excluding carboxylic acids is 5. The van der Waals surface area contributed by atoms with E-state index in [1.165, 1.54) is 52.7 Å². The number of piperidine rings is 1. The average molecular weight is 1270 g/mol. The van der Waals surface area contributed by atoms with Gasteiger partial charge >= 0.3 is 5.51 Å². The highest BCUT2D eigenvalue weighted by Gasteiger charge is 2.50. The molecule has 5 aromatic carbocycles. The molecule has 2 bridgehead atoms. The van der Waals surface area contributed by atoms with Gasteiger partial charge in [0.25, 0.3) is 37.6 Å². The van der Waals surface area contributed by atoms with Crippen LogP contribution in [0.4, 0.5) is 28.9 Å². The lowest BCUT2D eigenvalue weighted by Crippen LogP contribution is -2.54. The van der Waals surface area contributed by atoms with Gasteiger partial charge < -0.3 is 10.2 Å². The van der Waals surface area contributed by atoms with Crippen LogP contribution in [0.1, 0.15) is 101 Å². The van der Waals surface area contributed by atoms with Gasteiger partial charge in [-0.15, -0.1) is 11.8 Å². The molecule has 3 N–H and O–H groups in total. The van der Waals surface area contributed by atoms with Crippen molar-refractivity contribution in [1.82, 2.24) is 29.6 Å². The fourth-order valence-electron chi connectivity index (χ4n) is 12.9. The van der Waals surface area contributed by atoms with Crippen LogP contribution in [0.15, 0.2) is 129 Å². The molecular formula is C62H65ClF4N8O9S3. The monoisotopic (exact) mass is 1270 g/mol. The van der Waals surface area contributed by atoms with Crippen molar-refractivity contribution >= 4 is 89.7 Å². The van der Waals surface area contributed by atoms with Gasteiger partial charge in [0, 0.05) is 110 Å². The number of nitrogens with zero attached hydrogens (tertiary/aromatic N) is 5. The summed E-state index contributed by atoms with van der Waals surface area (Å²) in [6.07, 6.45) is 3.95. The maximum Gasteiger partial charge on any atom is 0.501 e.